The number of hydrogen-bond acceptors (Lipinski definition) is 5. The Bertz CT molecular complexity index is 593. The van der Waals surface area contributed by atoms with Crippen LogP contribution in [-0.4, -0.2) is 39.0 Å². The van der Waals surface area contributed by atoms with Gasteiger partial charge >= 0.3 is 0 Å². The van der Waals surface area contributed by atoms with E-state index < -0.39 is 10.0 Å². The Kier molecular flexibility index (Phi) is 3.93. The van der Waals surface area contributed by atoms with Gasteiger partial charge in [-0.2, -0.15) is 0 Å². The molecule has 2 bridgehead atoms. The quantitative estimate of drug-likeness (QED) is 0.828. The highest BCUT2D eigenvalue weighted by atomic mass is 79.9. The van der Waals surface area contributed by atoms with Crippen LogP contribution in [0.4, 0.5) is 0 Å². The lowest BCUT2D eigenvalue weighted by molar-refractivity contribution is 0.0827. The third-order valence-corrected chi connectivity index (χ3v) is 6.51. The van der Waals surface area contributed by atoms with Gasteiger partial charge in [-0.1, -0.05) is 0 Å². The van der Waals surface area contributed by atoms with E-state index >= 15 is 0 Å². The molecule has 0 spiro atoms. The number of nitrogens with one attached hydrogen (secondary N) is 1. The lowest BCUT2D eigenvalue weighted by atomic mass is 9.85. The average Bonchev–Trinajstić information content (AvgIpc) is 2.82. The van der Waals surface area contributed by atoms with Gasteiger partial charge in [0.15, 0.2) is 4.67 Å². The standard InChI is InChI=1S/C12H18BrN3O3S/c13-12-11(5-9(6-14)19-12)20(17,18)15-10-7-16-3-1-8(10)2-4-16/h5,8,10,15H,1-4,6-7,14H2. The van der Waals surface area contributed by atoms with Crippen LogP contribution in [0.5, 0.6) is 0 Å². The predicted molar refractivity (Wildman–Crippen MR) is 77.6 cm³/mol. The number of nitrogens with zero attached hydrogens (tertiary/aromatic N) is 1. The average molecular weight is 364 g/mol. The summed E-state index contributed by atoms with van der Waals surface area (Å²) in [7, 11) is -3.58. The molecule has 0 amide bonds. The normalized spacial score (nSPS) is 29.8. The van der Waals surface area contributed by atoms with Crippen LogP contribution < -0.4 is 10.5 Å². The summed E-state index contributed by atoms with van der Waals surface area (Å²) in [5.74, 6) is 0.889. The maximum Gasteiger partial charge on any atom is 0.245 e. The first-order valence-electron chi connectivity index (χ1n) is 6.72. The summed E-state index contributed by atoms with van der Waals surface area (Å²) in [6.07, 6.45) is 2.13. The molecular formula is C12H18BrN3O3S. The number of piperidine rings is 3. The molecule has 8 heteroatoms. The summed E-state index contributed by atoms with van der Waals surface area (Å²) in [6.45, 7) is 3.13. The van der Waals surface area contributed by atoms with E-state index in [2.05, 4.69) is 25.6 Å². The zero-order chi connectivity index (χ0) is 14.3. The van der Waals surface area contributed by atoms with Crippen LogP contribution in [-0.2, 0) is 16.6 Å². The van der Waals surface area contributed by atoms with Crippen molar-refractivity contribution in [3.8, 4) is 0 Å². The molecule has 0 aliphatic carbocycles. The number of rotatable bonds is 4. The molecule has 6 nitrogen and oxygen atoms in total. The van der Waals surface area contributed by atoms with Crippen molar-refractivity contribution in [2.24, 2.45) is 11.7 Å². The van der Waals surface area contributed by atoms with Crippen LogP contribution >= 0.6 is 15.9 Å². The Labute approximate surface area is 126 Å². The van der Waals surface area contributed by atoms with Crippen molar-refractivity contribution in [1.29, 1.82) is 0 Å². The molecule has 20 heavy (non-hydrogen) atoms. The van der Waals surface area contributed by atoms with Crippen LogP contribution in [0, 0.1) is 5.92 Å². The summed E-state index contributed by atoms with van der Waals surface area (Å²) in [5, 5.41) is 0. The monoisotopic (exact) mass is 363 g/mol. The topological polar surface area (TPSA) is 88.6 Å². The van der Waals surface area contributed by atoms with E-state index in [0.29, 0.717) is 11.7 Å². The van der Waals surface area contributed by atoms with Crippen LogP contribution in [0.25, 0.3) is 0 Å². The molecule has 3 fully saturated rings. The van der Waals surface area contributed by atoms with Gasteiger partial charge in [-0.3, -0.25) is 0 Å². The SMILES string of the molecule is NCc1cc(S(=O)(=O)NC2CN3CCC2CC3)c(Br)o1. The fourth-order valence-electron chi connectivity index (χ4n) is 3.04. The number of nitrogens with two attached hydrogens (primary N) is 1. The molecule has 0 saturated carbocycles. The summed E-state index contributed by atoms with van der Waals surface area (Å²) >= 11 is 3.15. The lowest BCUT2D eigenvalue weighted by Crippen LogP contribution is -2.57. The van der Waals surface area contributed by atoms with E-state index in [9.17, 15) is 8.42 Å². The van der Waals surface area contributed by atoms with Crippen molar-refractivity contribution < 1.29 is 12.8 Å². The van der Waals surface area contributed by atoms with E-state index in [1.165, 1.54) is 6.07 Å². The molecular weight excluding hydrogens is 346 g/mol. The second kappa shape index (κ2) is 5.42. The van der Waals surface area contributed by atoms with Gasteiger partial charge in [-0.05, 0) is 47.8 Å². The van der Waals surface area contributed by atoms with Gasteiger partial charge in [0.1, 0.15) is 10.7 Å². The van der Waals surface area contributed by atoms with Crippen molar-refractivity contribution >= 4 is 26.0 Å². The molecule has 1 unspecified atom stereocenters. The second-order valence-corrected chi connectivity index (χ2v) is 7.82. The van der Waals surface area contributed by atoms with Crippen molar-refractivity contribution in [3.05, 3.63) is 16.5 Å². The third kappa shape index (κ3) is 2.67. The molecule has 1 atom stereocenters. The summed E-state index contributed by atoms with van der Waals surface area (Å²) in [5.41, 5.74) is 5.47. The summed E-state index contributed by atoms with van der Waals surface area (Å²) in [6, 6.07) is 1.47. The molecule has 112 valence electrons. The molecule has 0 aromatic carbocycles. The molecule has 0 radical (unpaired) electrons. The van der Waals surface area contributed by atoms with Gasteiger partial charge < -0.3 is 15.1 Å². The first kappa shape index (κ1) is 14.5. The first-order chi connectivity index (χ1) is 9.49. The van der Waals surface area contributed by atoms with Crippen LogP contribution in [0.15, 0.2) is 20.0 Å². The van der Waals surface area contributed by atoms with Crippen molar-refractivity contribution in [3.63, 3.8) is 0 Å². The van der Waals surface area contributed by atoms with Crippen LogP contribution in [0.2, 0.25) is 0 Å². The maximum absolute atomic E-state index is 12.5. The largest absolute Gasteiger partial charge is 0.452 e. The highest BCUT2D eigenvalue weighted by Crippen LogP contribution is 2.30. The summed E-state index contributed by atoms with van der Waals surface area (Å²) < 4.78 is 33.2. The minimum Gasteiger partial charge on any atom is -0.452 e. The molecule has 3 aliphatic rings. The van der Waals surface area contributed by atoms with Crippen LogP contribution in [0.1, 0.15) is 18.6 Å². The zero-order valence-electron chi connectivity index (χ0n) is 11.0. The van der Waals surface area contributed by atoms with Gasteiger partial charge in [-0.25, -0.2) is 13.1 Å². The Hall–Kier alpha value is -0.410. The van der Waals surface area contributed by atoms with E-state index in [1.807, 2.05) is 0 Å². The molecule has 3 saturated heterocycles. The smallest absolute Gasteiger partial charge is 0.245 e. The van der Waals surface area contributed by atoms with Crippen molar-refractivity contribution in [2.75, 3.05) is 19.6 Å². The van der Waals surface area contributed by atoms with Crippen LogP contribution in [0.3, 0.4) is 0 Å². The molecule has 4 heterocycles. The molecule has 4 rings (SSSR count). The minimum absolute atomic E-state index is 0.00868. The Morgan fingerprint density at radius 2 is 2.15 bits per heavy atom. The van der Waals surface area contributed by atoms with E-state index in [4.69, 9.17) is 10.2 Å². The van der Waals surface area contributed by atoms with E-state index in [1.54, 1.807) is 0 Å². The zero-order valence-corrected chi connectivity index (χ0v) is 13.4. The Morgan fingerprint density at radius 1 is 1.45 bits per heavy atom. The molecule has 1 aromatic rings. The molecule has 3 aliphatic heterocycles. The number of sulfonamides is 1. The van der Waals surface area contributed by atoms with Crippen molar-refractivity contribution in [2.45, 2.75) is 30.3 Å². The minimum atomic E-state index is -3.58. The fraction of sp³-hybridized carbons (Fsp3) is 0.667. The fourth-order valence-corrected chi connectivity index (χ4v) is 5.34. The van der Waals surface area contributed by atoms with E-state index in [0.717, 1.165) is 32.5 Å². The third-order valence-electron chi connectivity index (χ3n) is 4.16. The van der Waals surface area contributed by atoms with Gasteiger partial charge in [0.2, 0.25) is 10.0 Å². The van der Waals surface area contributed by atoms with Gasteiger partial charge in [-0.15, -0.1) is 0 Å². The van der Waals surface area contributed by atoms with E-state index in [-0.39, 0.29) is 22.2 Å². The second-order valence-electron chi connectivity index (χ2n) is 5.42. The highest BCUT2D eigenvalue weighted by Gasteiger charge is 2.37. The van der Waals surface area contributed by atoms with Gasteiger partial charge in [0.05, 0.1) is 6.54 Å². The molecule has 1 aromatic heterocycles. The highest BCUT2D eigenvalue weighted by molar-refractivity contribution is 9.10. The number of halogens is 1. The number of furan rings is 1. The Balaban J connectivity index is 1.80. The maximum atomic E-state index is 12.5. The number of hydrogen-bond donors (Lipinski definition) is 2. The predicted octanol–water partition coefficient (Wildman–Crippen LogP) is 0.873. The molecule has 3 N–H and O–H groups in total. The Morgan fingerprint density at radius 3 is 2.65 bits per heavy atom. The first-order valence-corrected chi connectivity index (χ1v) is 9.00. The van der Waals surface area contributed by atoms with Gasteiger partial charge in [0.25, 0.3) is 0 Å². The summed E-state index contributed by atoms with van der Waals surface area (Å²) in [4.78, 5) is 2.44. The van der Waals surface area contributed by atoms with Crippen molar-refractivity contribution in [1.82, 2.24) is 9.62 Å². The van der Waals surface area contributed by atoms with Gasteiger partial charge in [0, 0.05) is 18.7 Å². The number of fused-ring (bicyclic) bond motifs is 3. The lowest BCUT2D eigenvalue weighted by Gasteiger charge is -2.44.